The third-order valence-corrected chi connectivity index (χ3v) is 7.00. The van der Waals surface area contributed by atoms with Gasteiger partial charge in [0.1, 0.15) is 11.4 Å². The molecule has 0 spiro atoms. The summed E-state index contributed by atoms with van der Waals surface area (Å²) in [6.07, 6.45) is 7.91. The van der Waals surface area contributed by atoms with Crippen LogP contribution in [0.2, 0.25) is 0 Å². The van der Waals surface area contributed by atoms with Gasteiger partial charge in [0.2, 0.25) is 0 Å². The van der Waals surface area contributed by atoms with Gasteiger partial charge < -0.3 is 14.9 Å². The van der Waals surface area contributed by atoms with Gasteiger partial charge in [-0.3, -0.25) is 9.59 Å². The van der Waals surface area contributed by atoms with E-state index < -0.39 is 17.3 Å². The van der Waals surface area contributed by atoms with Crippen LogP contribution in [0.4, 0.5) is 0 Å². The number of aliphatic hydroxyl groups excluding tert-OH is 1. The Balaban J connectivity index is 1.76. The van der Waals surface area contributed by atoms with E-state index in [-0.39, 0.29) is 18.1 Å². The van der Waals surface area contributed by atoms with Crippen LogP contribution >= 0.6 is 11.8 Å². The highest BCUT2D eigenvalue weighted by Gasteiger charge is 2.29. The van der Waals surface area contributed by atoms with Crippen molar-refractivity contribution in [3.05, 3.63) is 71.3 Å². The fourth-order valence-corrected chi connectivity index (χ4v) is 4.89. The normalized spacial score (nSPS) is 12.8. The summed E-state index contributed by atoms with van der Waals surface area (Å²) in [6, 6.07) is 18.1. The van der Waals surface area contributed by atoms with Gasteiger partial charge in [-0.25, -0.2) is 0 Å². The molecule has 0 saturated carbocycles. The Morgan fingerprint density at radius 3 is 2.15 bits per heavy atom. The van der Waals surface area contributed by atoms with Gasteiger partial charge in [0.05, 0.1) is 13.5 Å². The largest absolute Gasteiger partial charge is 0.480 e. The number of carbonyl (C=O) groups is 2. The minimum atomic E-state index is -1.13. The van der Waals surface area contributed by atoms with Gasteiger partial charge >= 0.3 is 11.9 Å². The number of rotatable bonds is 16. The van der Waals surface area contributed by atoms with Crippen LogP contribution in [-0.4, -0.2) is 40.3 Å². The number of benzene rings is 2. The molecule has 2 aromatic carbocycles. The van der Waals surface area contributed by atoms with Crippen LogP contribution in [0.5, 0.6) is 0 Å². The highest BCUT2D eigenvalue weighted by atomic mass is 32.2. The number of unbranched alkanes of at least 4 members (excludes halogenated alkanes) is 5. The molecule has 0 bridgehead atoms. The molecule has 0 aliphatic carbocycles. The van der Waals surface area contributed by atoms with E-state index >= 15 is 0 Å². The van der Waals surface area contributed by atoms with Crippen LogP contribution in [0.1, 0.15) is 67.7 Å². The zero-order chi connectivity index (χ0) is 23.9. The van der Waals surface area contributed by atoms with Crippen LogP contribution in [0, 0.1) is 0 Å². The van der Waals surface area contributed by atoms with Gasteiger partial charge in [0, 0.05) is 5.75 Å². The number of aryl methyl sites for hydroxylation is 2. The molecule has 0 fully saturated rings. The number of carboxylic acid groups (broad SMARTS) is 1. The summed E-state index contributed by atoms with van der Waals surface area (Å²) in [5, 5.41) is 19.4. The van der Waals surface area contributed by atoms with Crippen molar-refractivity contribution in [3.63, 3.8) is 0 Å². The van der Waals surface area contributed by atoms with Crippen LogP contribution < -0.4 is 0 Å². The molecule has 2 N–H and O–H groups in total. The van der Waals surface area contributed by atoms with Crippen LogP contribution in [0.25, 0.3) is 0 Å². The molecule has 0 aliphatic heterocycles. The van der Waals surface area contributed by atoms with Gasteiger partial charge in [-0.15, -0.1) is 11.8 Å². The molecular formula is C27H36O5S. The van der Waals surface area contributed by atoms with Gasteiger partial charge in [-0.1, -0.05) is 80.3 Å². The Kier molecular flexibility index (Phi) is 12.7. The van der Waals surface area contributed by atoms with Crippen molar-refractivity contribution < 1.29 is 24.5 Å². The van der Waals surface area contributed by atoms with E-state index in [0.717, 1.165) is 43.0 Å². The second-order valence-electron chi connectivity index (χ2n) is 8.21. The summed E-state index contributed by atoms with van der Waals surface area (Å²) in [7, 11) is 1.30. The summed E-state index contributed by atoms with van der Waals surface area (Å²) in [4.78, 5) is 23.1. The lowest BCUT2D eigenvalue weighted by atomic mass is 9.95. The Hall–Kier alpha value is -2.31. The van der Waals surface area contributed by atoms with Gasteiger partial charge in [-0.2, -0.15) is 0 Å². The summed E-state index contributed by atoms with van der Waals surface area (Å²) in [5.74, 6) is -1.18. The maximum absolute atomic E-state index is 11.7. The molecule has 0 aliphatic rings. The average molecular weight is 473 g/mol. The number of aliphatic hydroxyl groups is 1. The van der Waals surface area contributed by atoms with E-state index in [4.69, 9.17) is 0 Å². The molecule has 6 heteroatoms. The summed E-state index contributed by atoms with van der Waals surface area (Å²) >= 11 is 1.07. The summed E-state index contributed by atoms with van der Waals surface area (Å²) in [5.41, 5.74) is 3.06. The number of carbonyl (C=O) groups excluding carboxylic acids is 1. The molecule has 0 aromatic heterocycles. The van der Waals surface area contributed by atoms with Crippen LogP contribution in [0.15, 0.2) is 54.6 Å². The Bertz CT molecular complexity index is 839. The number of carboxylic acids is 1. The first-order chi connectivity index (χ1) is 16.0. The average Bonchev–Trinajstić information content (AvgIpc) is 2.83. The monoisotopic (exact) mass is 472 g/mol. The SMILES string of the molecule is COC(=O)CCSC(C(=O)O)C(O)c1ccccc1CCCCCCCCc1ccccc1. The second-order valence-corrected chi connectivity index (χ2v) is 9.46. The van der Waals surface area contributed by atoms with Gasteiger partial charge in [0.15, 0.2) is 0 Å². The smallest absolute Gasteiger partial charge is 0.319 e. The van der Waals surface area contributed by atoms with Crippen molar-refractivity contribution >= 4 is 23.7 Å². The van der Waals surface area contributed by atoms with E-state index in [1.165, 1.54) is 38.4 Å². The Morgan fingerprint density at radius 2 is 1.48 bits per heavy atom. The number of hydrogen-bond donors (Lipinski definition) is 2. The minimum Gasteiger partial charge on any atom is -0.480 e. The maximum atomic E-state index is 11.7. The van der Waals surface area contributed by atoms with Gasteiger partial charge in [0.25, 0.3) is 0 Å². The quantitative estimate of drug-likeness (QED) is 0.245. The molecule has 33 heavy (non-hydrogen) atoms. The molecule has 0 amide bonds. The fraction of sp³-hybridized carbons (Fsp3) is 0.481. The molecule has 0 radical (unpaired) electrons. The minimum absolute atomic E-state index is 0.116. The lowest BCUT2D eigenvalue weighted by Crippen LogP contribution is -2.26. The van der Waals surface area contributed by atoms with E-state index in [0.29, 0.717) is 5.56 Å². The first-order valence-corrected chi connectivity index (χ1v) is 12.8. The maximum Gasteiger partial charge on any atom is 0.319 e. The number of thioether (sulfide) groups is 1. The van der Waals surface area contributed by atoms with Crippen molar-refractivity contribution in [2.24, 2.45) is 0 Å². The zero-order valence-electron chi connectivity index (χ0n) is 19.4. The standard InChI is InChI=1S/C27H36O5S/c1-32-24(28)19-20-33-26(27(30)31)25(29)23-18-12-11-17-22(23)16-10-5-3-2-4-7-13-21-14-8-6-9-15-21/h6,8-9,11-12,14-15,17-18,25-26,29H,2-5,7,10,13,16,19-20H2,1H3,(H,30,31). The van der Waals surface area contributed by atoms with E-state index in [2.05, 4.69) is 29.0 Å². The Labute approximate surface area is 201 Å². The Morgan fingerprint density at radius 1 is 0.879 bits per heavy atom. The number of ether oxygens (including phenoxy) is 1. The molecular weight excluding hydrogens is 436 g/mol. The lowest BCUT2D eigenvalue weighted by molar-refractivity contribution is -0.140. The molecule has 0 heterocycles. The fourth-order valence-electron chi connectivity index (χ4n) is 3.88. The molecule has 2 aromatic rings. The topological polar surface area (TPSA) is 83.8 Å². The molecule has 2 unspecified atom stereocenters. The first kappa shape index (κ1) is 26.9. The van der Waals surface area contributed by atoms with Crippen LogP contribution in [0.3, 0.4) is 0 Å². The summed E-state index contributed by atoms with van der Waals surface area (Å²) in [6.45, 7) is 0. The zero-order valence-corrected chi connectivity index (χ0v) is 20.3. The van der Waals surface area contributed by atoms with Gasteiger partial charge in [-0.05, 0) is 42.4 Å². The first-order valence-electron chi connectivity index (χ1n) is 11.7. The lowest BCUT2D eigenvalue weighted by Gasteiger charge is -2.21. The predicted octanol–water partition coefficient (Wildman–Crippen LogP) is 5.60. The molecule has 2 rings (SSSR count). The molecule has 0 saturated heterocycles. The van der Waals surface area contributed by atoms with Crippen molar-refractivity contribution in [3.8, 4) is 0 Å². The van der Waals surface area contributed by atoms with Crippen molar-refractivity contribution in [1.82, 2.24) is 0 Å². The van der Waals surface area contributed by atoms with E-state index in [1.54, 1.807) is 6.07 Å². The van der Waals surface area contributed by atoms with Crippen molar-refractivity contribution in [2.75, 3.05) is 12.9 Å². The van der Waals surface area contributed by atoms with E-state index in [1.807, 2.05) is 24.3 Å². The van der Waals surface area contributed by atoms with Crippen molar-refractivity contribution in [1.29, 1.82) is 0 Å². The molecule has 5 nitrogen and oxygen atoms in total. The van der Waals surface area contributed by atoms with Crippen LogP contribution in [-0.2, 0) is 27.2 Å². The number of hydrogen-bond acceptors (Lipinski definition) is 5. The summed E-state index contributed by atoms with van der Waals surface area (Å²) < 4.78 is 4.60. The molecule has 2 atom stereocenters. The highest BCUT2D eigenvalue weighted by Crippen LogP contribution is 2.30. The second kappa shape index (κ2) is 15.5. The third kappa shape index (κ3) is 10.0. The third-order valence-electron chi connectivity index (χ3n) is 5.74. The van der Waals surface area contributed by atoms with E-state index in [9.17, 15) is 19.8 Å². The molecule has 180 valence electrons. The number of methoxy groups -OCH3 is 1. The van der Waals surface area contributed by atoms with Crippen molar-refractivity contribution in [2.45, 2.75) is 69.1 Å². The number of esters is 1. The number of aliphatic carboxylic acids is 1. The highest BCUT2D eigenvalue weighted by molar-refractivity contribution is 8.00. The predicted molar refractivity (Wildman–Crippen MR) is 133 cm³/mol.